The number of nitrogens with two attached hydrogens (primary N) is 1. The topological polar surface area (TPSA) is 55.1 Å². The molecule has 3 N–H and O–H groups in total. The van der Waals surface area contributed by atoms with Crippen LogP contribution in [0.1, 0.15) is 15.9 Å². The summed E-state index contributed by atoms with van der Waals surface area (Å²) in [5.74, 6) is -5.02. The largest absolute Gasteiger partial charge is 0.378 e. The summed E-state index contributed by atoms with van der Waals surface area (Å²) >= 11 is 0. The van der Waals surface area contributed by atoms with Crippen molar-refractivity contribution in [3.63, 3.8) is 0 Å². The van der Waals surface area contributed by atoms with E-state index in [1.807, 2.05) is 0 Å². The van der Waals surface area contributed by atoms with E-state index in [1.54, 1.807) is 0 Å². The Balaban J connectivity index is 2.24. The number of anilines is 1. The lowest BCUT2D eigenvalue weighted by atomic mass is 10.1. The minimum Gasteiger partial charge on any atom is -0.378 e. The van der Waals surface area contributed by atoms with Gasteiger partial charge in [-0.25, -0.2) is 17.6 Å². The van der Waals surface area contributed by atoms with Gasteiger partial charge in [-0.3, -0.25) is 4.79 Å². The van der Waals surface area contributed by atoms with Gasteiger partial charge in [0, 0.05) is 29.8 Å². The third-order valence-corrected chi connectivity index (χ3v) is 2.79. The second-order valence-corrected chi connectivity index (χ2v) is 4.27. The molecule has 2 rings (SSSR count). The Labute approximate surface area is 117 Å². The zero-order chi connectivity index (χ0) is 15.6. The summed E-state index contributed by atoms with van der Waals surface area (Å²) in [7, 11) is 0. The molecule has 0 aliphatic carbocycles. The van der Waals surface area contributed by atoms with Crippen LogP contribution >= 0.6 is 0 Å². The molecule has 2 aromatic carbocycles. The molecule has 21 heavy (non-hydrogen) atoms. The van der Waals surface area contributed by atoms with Gasteiger partial charge < -0.3 is 11.1 Å². The van der Waals surface area contributed by atoms with Crippen LogP contribution in [-0.4, -0.2) is 5.91 Å². The van der Waals surface area contributed by atoms with Crippen LogP contribution < -0.4 is 11.1 Å². The molecule has 7 heteroatoms. The van der Waals surface area contributed by atoms with Gasteiger partial charge in [0.15, 0.2) is 11.6 Å². The number of rotatable bonds is 4. The molecule has 3 nitrogen and oxygen atoms in total. The summed E-state index contributed by atoms with van der Waals surface area (Å²) in [4.78, 5) is 11.0. The van der Waals surface area contributed by atoms with Crippen molar-refractivity contribution >= 4 is 11.6 Å². The fourth-order valence-corrected chi connectivity index (χ4v) is 1.74. The lowest BCUT2D eigenvalue weighted by Crippen LogP contribution is -2.12. The molecule has 0 bridgehead atoms. The molecule has 0 aromatic heterocycles. The summed E-state index contributed by atoms with van der Waals surface area (Å²) in [5.41, 5.74) is 4.69. The molecule has 0 saturated heterocycles. The zero-order valence-electron chi connectivity index (χ0n) is 10.6. The van der Waals surface area contributed by atoms with Crippen LogP contribution in [0.3, 0.4) is 0 Å². The first-order valence-electron chi connectivity index (χ1n) is 5.85. The molecule has 110 valence electrons. The van der Waals surface area contributed by atoms with Crippen molar-refractivity contribution in [2.24, 2.45) is 5.73 Å². The highest BCUT2D eigenvalue weighted by molar-refractivity contribution is 5.92. The van der Waals surface area contributed by atoms with Crippen molar-refractivity contribution < 1.29 is 22.4 Å². The second kappa shape index (κ2) is 5.82. The Hall–Kier alpha value is -2.57. The second-order valence-electron chi connectivity index (χ2n) is 4.27. The predicted molar refractivity (Wildman–Crippen MR) is 68.6 cm³/mol. The summed E-state index contributed by atoms with van der Waals surface area (Å²) < 4.78 is 53.0. The highest BCUT2D eigenvalue weighted by Gasteiger charge is 2.12. The molecular formula is C14H10F4N2O. The summed E-state index contributed by atoms with van der Waals surface area (Å²) in [5, 5.41) is 2.37. The van der Waals surface area contributed by atoms with E-state index in [0.29, 0.717) is 6.07 Å². The van der Waals surface area contributed by atoms with E-state index in [1.165, 1.54) is 12.1 Å². The van der Waals surface area contributed by atoms with Crippen LogP contribution in [-0.2, 0) is 6.54 Å². The smallest absolute Gasteiger partial charge is 0.248 e. The lowest BCUT2D eigenvalue weighted by Gasteiger charge is -2.10. The van der Waals surface area contributed by atoms with Gasteiger partial charge in [0.1, 0.15) is 11.6 Å². The van der Waals surface area contributed by atoms with Crippen molar-refractivity contribution in [3.05, 3.63) is 64.7 Å². The molecule has 0 unspecified atom stereocenters. The molecule has 0 atom stereocenters. The Morgan fingerprint density at radius 3 is 2.43 bits per heavy atom. The quantitative estimate of drug-likeness (QED) is 0.673. The first-order valence-corrected chi connectivity index (χ1v) is 5.85. The molecule has 2 aromatic rings. The van der Waals surface area contributed by atoms with E-state index in [2.05, 4.69) is 5.32 Å². The first-order chi connectivity index (χ1) is 9.88. The minimum atomic E-state index is -1.36. The fraction of sp³-hybridized carbons (Fsp3) is 0.0714. The van der Waals surface area contributed by atoms with Gasteiger partial charge in [0.2, 0.25) is 5.91 Å². The molecule has 0 fully saturated rings. The number of halogens is 4. The molecule has 0 heterocycles. The number of carbonyl (C=O) groups is 1. The predicted octanol–water partition coefficient (Wildman–Crippen LogP) is 2.95. The van der Waals surface area contributed by atoms with E-state index in [-0.39, 0.29) is 17.7 Å². The summed E-state index contributed by atoms with van der Waals surface area (Å²) in [6, 6.07) is 4.55. The molecule has 0 radical (unpaired) electrons. The molecule has 0 spiro atoms. The maximum absolute atomic E-state index is 13.6. The SMILES string of the molecule is NC(=O)c1ccc(F)c(CNc2cc(F)cc(F)c2F)c1. The normalized spacial score (nSPS) is 10.5. The van der Waals surface area contributed by atoms with E-state index >= 15 is 0 Å². The van der Waals surface area contributed by atoms with E-state index in [0.717, 1.165) is 12.1 Å². The standard InChI is InChI=1S/C14H10F4N2O/c15-9-4-11(17)13(18)12(5-9)20-6-8-3-7(14(19)21)1-2-10(8)16/h1-5,20H,6H2,(H2,19,21). The lowest BCUT2D eigenvalue weighted by molar-refractivity contribution is 0.1000. The minimum absolute atomic E-state index is 0.00960. The maximum Gasteiger partial charge on any atom is 0.248 e. The van der Waals surface area contributed by atoms with Crippen LogP contribution in [0.2, 0.25) is 0 Å². The average molecular weight is 298 g/mol. The number of nitrogens with one attached hydrogen (secondary N) is 1. The van der Waals surface area contributed by atoms with E-state index < -0.39 is 34.9 Å². The van der Waals surface area contributed by atoms with Crippen LogP contribution in [0.25, 0.3) is 0 Å². The summed E-state index contributed by atoms with van der Waals surface area (Å²) in [6.07, 6.45) is 0. The molecule has 0 saturated carbocycles. The Morgan fingerprint density at radius 1 is 1.05 bits per heavy atom. The van der Waals surface area contributed by atoms with E-state index in [9.17, 15) is 22.4 Å². The Kier molecular flexibility index (Phi) is 4.11. The van der Waals surface area contributed by atoms with Gasteiger partial charge in [0.05, 0.1) is 5.69 Å². The van der Waals surface area contributed by atoms with Crippen LogP contribution in [0, 0.1) is 23.3 Å². The highest BCUT2D eigenvalue weighted by Crippen LogP contribution is 2.20. The number of hydrogen-bond donors (Lipinski definition) is 2. The molecule has 0 aliphatic rings. The Bertz CT molecular complexity index is 704. The van der Waals surface area contributed by atoms with Gasteiger partial charge in [0.25, 0.3) is 0 Å². The van der Waals surface area contributed by atoms with Crippen LogP contribution in [0.4, 0.5) is 23.2 Å². The van der Waals surface area contributed by atoms with Crippen molar-refractivity contribution in [1.29, 1.82) is 0 Å². The molecule has 1 amide bonds. The molecule has 0 aliphatic heterocycles. The number of hydrogen-bond acceptors (Lipinski definition) is 2. The number of primary amides is 1. The first kappa shape index (κ1) is 14.8. The van der Waals surface area contributed by atoms with Crippen LogP contribution in [0.15, 0.2) is 30.3 Å². The third-order valence-electron chi connectivity index (χ3n) is 2.79. The fourth-order valence-electron chi connectivity index (χ4n) is 1.74. The monoisotopic (exact) mass is 298 g/mol. The van der Waals surface area contributed by atoms with E-state index in [4.69, 9.17) is 5.73 Å². The molecular weight excluding hydrogens is 288 g/mol. The number of benzene rings is 2. The average Bonchev–Trinajstić information content (AvgIpc) is 2.42. The number of amides is 1. The van der Waals surface area contributed by atoms with Gasteiger partial charge in [-0.2, -0.15) is 0 Å². The summed E-state index contributed by atoms with van der Waals surface area (Å²) in [6.45, 7) is -0.271. The number of carbonyl (C=O) groups excluding carboxylic acids is 1. The third kappa shape index (κ3) is 3.31. The maximum atomic E-state index is 13.6. The van der Waals surface area contributed by atoms with Crippen molar-refractivity contribution in [1.82, 2.24) is 0 Å². The van der Waals surface area contributed by atoms with Gasteiger partial charge in [-0.15, -0.1) is 0 Å². The van der Waals surface area contributed by atoms with Crippen molar-refractivity contribution in [2.75, 3.05) is 5.32 Å². The van der Waals surface area contributed by atoms with Gasteiger partial charge >= 0.3 is 0 Å². The van der Waals surface area contributed by atoms with Gasteiger partial charge in [-0.05, 0) is 18.2 Å². The van der Waals surface area contributed by atoms with Gasteiger partial charge in [-0.1, -0.05) is 0 Å². The van der Waals surface area contributed by atoms with Crippen molar-refractivity contribution in [2.45, 2.75) is 6.54 Å². The highest BCUT2D eigenvalue weighted by atomic mass is 19.2. The van der Waals surface area contributed by atoms with Crippen molar-refractivity contribution in [3.8, 4) is 0 Å². The van der Waals surface area contributed by atoms with Crippen LogP contribution in [0.5, 0.6) is 0 Å². The Morgan fingerprint density at radius 2 is 1.76 bits per heavy atom. The zero-order valence-corrected chi connectivity index (χ0v) is 10.6.